The van der Waals surface area contributed by atoms with Crippen LogP contribution in [0.4, 0.5) is 0 Å². The van der Waals surface area contributed by atoms with E-state index in [1.807, 2.05) is 25.1 Å². The maximum absolute atomic E-state index is 5.73. The minimum atomic E-state index is 0.290. The van der Waals surface area contributed by atoms with Crippen molar-refractivity contribution in [2.45, 2.75) is 19.6 Å². The van der Waals surface area contributed by atoms with Crippen LogP contribution in [0.2, 0.25) is 0 Å². The average molecular weight is 264 g/mol. The van der Waals surface area contributed by atoms with E-state index in [1.165, 1.54) is 5.56 Å². The number of para-hydroxylation sites is 1. The van der Waals surface area contributed by atoms with E-state index in [1.54, 1.807) is 0 Å². The van der Waals surface area contributed by atoms with Gasteiger partial charge in [0.05, 0.1) is 19.3 Å². The van der Waals surface area contributed by atoms with Crippen LogP contribution >= 0.6 is 0 Å². The van der Waals surface area contributed by atoms with Crippen LogP contribution in [0.15, 0.2) is 24.3 Å². The summed E-state index contributed by atoms with van der Waals surface area (Å²) >= 11 is 0. The molecule has 0 aliphatic carbocycles. The zero-order valence-corrected chi connectivity index (χ0v) is 11.9. The van der Waals surface area contributed by atoms with Crippen molar-refractivity contribution in [1.29, 1.82) is 0 Å². The van der Waals surface area contributed by atoms with E-state index in [0.717, 1.165) is 38.5 Å². The van der Waals surface area contributed by atoms with Crippen LogP contribution in [0.25, 0.3) is 0 Å². The molecule has 4 nitrogen and oxygen atoms in total. The molecule has 0 bridgehead atoms. The molecular weight excluding hydrogens is 240 g/mol. The van der Waals surface area contributed by atoms with Gasteiger partial charge in [-0.1, -0.05) is 18.2 Å². The molecule has 19 heavy (non-hydrogen) atoms. The second-order valence-corrected chi connectivity index (χ2v) is 4.93. The second kappa shape index (κ2) is 7.48. The molecule has 0 saturated carbocycles. The first-order valence-electron chi connectivity index (χ1n) is 7.01. The number of likely N-dealkylation sites (N-methyl/N-ethyl adjacent to an activating group) is 1. The standard InChI is InChI=1S/C15H24N2O2/c1-3-18-15-7-5-4-6-13(15)10-16-11-14-12-17(2)8-9-19-14/h4-7,14,16H,3,8-12H2,1-2H3/t14-/m0/s1. The number of hydrogen-bond donors (Lipinski definition) is 1. The molecule has 1 saturated heterocycles. The fourth-order valence-electron chi connectivity index (χ4n) is 2.30. The molecule has 1 fully saturated rings. The smallest absolute Gasteiger partial charge is 0.123 e. The molecule has 1 aliphatic heterocycles. The third-order valence-corrected chi connectivity index (χ3v) is 3.30. The fraction of sp³-hybridized carbons (Fsp3) is 0.600. The molecule has 0 aromatic heterocycles. The number of benzene rings is 1. The average Bonchev–Trinajstić information content (AvgIpc) is 2.41. The Hall–Kier alpha value is -1.10. The number of nitrogens with one attached hydrogen (secondary N) is 1. The van der Waals surface area contributed by atoms with Crippen molar-refractivity contribution in [1.82, 2.24) is 10.2 Å². The highest BCUT2D eigenvalue weighted by Crippen LogP contribution is 2.17. The van der Waals surface area contributed by atoms with Gasteiger partial charge in [0.25, 0.3) is 0 Å². The fourth-order valence-corrected chi connectivity index (χ4v) is 2.30. The predicted molar refractivity (Wildman–Crippen MR) is 76.6 cm³/mol. The zero-order chi connectivity index (χ0) is 13.5. The van der Waals surface area contributed by atoms with Gasteiger partial charge in [-0.3, -0.25) is 0 Å². The molecule has 1 N–H and O–H groups in total. The lowest BCUT2D eigenvalue weighted by atomic mass is 10.2. The Balaban J connectivity index is 1.78. The highest BCUT2D eigenvalue weighted by atomic mass is 16.5. The Kier molecular flexibility index (Phi) is 5.63. The maximum atomic E-state index is 5.73. The number of hydrogen-bond acceptors (Lipinski definition) is 4. The molecule has 106 valence electrons. The molecule has 0 radical (unpaired) electrons. The molecular formula is C15H24N2O2. The van der Waals surface area contributed by atoms with Crippen molar-refractivity contribution in [3.8, 4) is 5.75 Å². The summed E-state index contributed by atoms with van der Waals surface area (Å²) < 4.78 is 11.3. The minimum Gasteiger partial charge on any atom is -0.494 e. The van der Waals surface area contributed by atoms with Gasteiger partial charge in [-0.15, -0.1) is 0 Å². The summed E-state index contributed by atoms with van der Waals surface area (Å²) in [4.78, 5) is 2.31. The van der Waals surface area contributed by atoms with Crippen LogP contribution in [-0.2, 0) is 11.3 Å². The first-order chi connectivity index (χ1) is 9.29. The largest absolute Gasteiger partial charge is 0.494 e. The number of ether oxygens (including phenoxy) is 2. The normalized spacial score (nSPS) is 20.4. The van der Waals surface area contributed by atoms with Gasteiger partial charge >= 0.3 is 0 Å². The van der Waals surface area contributed by atoms with Crippen molar-refractivity contribution in [3.05, 3.63) is 29.8 Å². The molecule has 1 atom stereocenters. The SMILES string of the molecule is CCOc1ccccc1CNC[C@H]1CN(C)CCO1. The van der Waals surface area contributed by atoms with E-state index in [4.69, 9.17) is 9.47 Å². The van der Waals surface area contributed by atoms with Gasteiger partial charge in [0.2, 0.25) is 0 Å². The minimum absolute atomic E-state index is 0.290. The zero-order valence-electron chi connectivity index (χ0n) is 11.9. The molecule has 4 heteroatoms. The highest BCUT2D eigenvalue weighted by Gasteiger charge is 2.17. The summed E-state index contributed by atoms with van der Waals surface area (Å²) in [7, 11) is 2.14. The molecule has 1 aromatic carbocycles. The van der Waals surface area contributed by atoms with Crippen LogP contribution in [0.3, 0.4) is 0 Å². The van der Waals surface area contributed by atoms with Gasteiger partial charge in [-0.25, -0.2) is 0 Å². The lowest BCUT2D eigenvalue weighted by molar-refractivity contribution is -0.0182. The van der Waals surface area contributed by atoms with Crippen LogP contribution in [0, 0.1) is 0 Å². The number of nitrogens with zero attached hydrogens (tertiary/aromatic N) is 1. The van der Waals surface area contributed by atoms with E-state index in [9.17, 15) is 0 Å². The van der Waals surface area contributed by atoms with Gasteiger partial charge < -0.3 is 19.7 Å². The first-order valence-corrected chi connectivity index (χ1v) is 7.01. The monoisotopic (exact) mass is 264 g/mol. The van der Waals surface area contributed by atoms with Gasteiger partial charge in [-0.2, -0.15) is 0 Å². The highest BCUT2D eigenvalue weighted by molar-refractivity contribution is 5.33. The Morgan fingerprint density at radius 3 is 3.05 bits per heavy atom. The lowest BCUT2D eigenvalue weighted by Gasteiger charge is -2.30. The molecule has 1 heterocycles. The van der Waals surface area contributed by atoms with Crippen molar-refractivity contribution < 1.29 is 9.47 Å². The summed E-state index contributed by atoms with van der Waals surface area (Å²) in [6.07, 6.45) is 0.290. The lowest BCUT2D eigenvalue weighted by Crippen LogP contribution is -2.44. The van der Waals surface area contributed by atoms with E-state index < -0.39 is 0 Å². The van der Waals surface area contributed by atoms with Crippen LogP contribution in [-0.4, -0.2) is 50.9 Å². The van der Waals surface area contributed by atoms with Crippen LogP contribution in [0.1, 0.15) is 12.5 Å². The summed E-state index contributed by atoms with van der Waals surface area (Å²) in [6.45, 7) is 7.27. The number of morpholine rings is 1. The summed E-state index contributed by atoms with van der Waals surface area (Å²) in [6, 6.07) is 8.18. The molecule has 0 spiro atoms. The van der Waals surface area contributed by atoms with E-state index >= 15 is 0 Å². The van der Waals surface area contributed by atoms with Crippen molar-refractivity contribution in [2.75, 3.05) is 39.9 Å². The Morgan fingerprint density at radius 1 is 1.42 bits per heavy atom. The predicted octanol–water partition coefficient (Wildman–Crippen LogP) is 1.51. The van der Waals surface area contributed by atoms with E-state index in [0.29, 0.717) is 6.61 Å². The topological polar surface area (TPSA) is 33.7 Å². The van der Waals surface area contributed by atoms with Gasteiger partial charge in [-0.05, 0) is 20.0 Å². The van der Waals surface area contributed by atoms with Crippen molar-refractivity contribution in [3.63, 3.8) is 0 Å². The summed E-state index contributed by atoms with van der Waals surface area (Å²) in [5, 5.41) is 3.46. The first kappa shape index (κ1) is 14.3. The van der Waals surface area contributed by atoms with Crippen LogP contribution < -0.4 is 10.1 Å². The third kappa shape index (κ3) is 4.49. The second-order valence-electron chi connectivity index (χ2n) is 4.93. The van der Waals surface area contributed by atoms with Crippen molar-refractivity contribution in [2.24, 2.45) is 0 Å². The summed E-state index contributed by atoms with van der Waals surface area (Å²) in [5.74, 6) is 0.971. The molecule has 1 aromatic rings. The quantitative estimate of drug-likeness (QED) is 0.844. The molecule has 0 amide bonds. The van der Waals surface area contributed by atoms with Crippen LogP contribution in [0.5, 0.6) is 5.75 Å². The number of rotatable bonds is 6. The van der Waals surface area contributed by atoms with Gasteiger partial charge in [0.1, 0.15) is 5.75 Å². The summed E-state index contributed by atoms with van der Waals surface area (Å²) in [5.41, 5.74) is 1.20. The maximum Gasteiger partial charge on any atom is 0.123 e. The van der Waals surface area contributed by atoms with Gasteiger partial charge in [0, 0.05) is 31.7 Å². The van der Waals surface area contributed by atoms with Crippen molar-refractivity contribution >= 4 is 0 Å². The third-order valence-electron chi connectivity index (χ3n) is 3.30. The van der Waals surface area contributed by atoms with E-state index in [2.05, 4.69) is 23.3 Å². The Labute approximate surface area is 115 Å². The van der Waals surface area contributed by atoms with Gasteiger partial charge in [0.15, 0.2) is 0 Å². The molecule has 1 aliphatic rings. The van der Waals surface area contributed by atoms with E-state index in [-0.39, 0.29) is 6.10 Å². The Morgan fingerprint density at radius 2 is 2.26 bits per heavy atom. The molecule has 2 rings (SSSR count). The molecule has 0 unspecified atom stereocenters. The Bertz CT molecular complexity index is 384.